The molecule has 1 aliphatic heterocycles. The first-order valence-electron chi connectivity index (χ1n) is 13.6. The van der Waals surface area contributed by atoms with Crippen molar-refractivity contribution in [3.63, 3.8) is 0 Å². The number of fused-ring (bicyclic) bond motifs is 1. The Morgan fingerprint density at radius 2 is 1.78 bits per heavy atom. The number of carbonyl (C=O) groups is 1. The molecule has 0 aliphatic carbocycles. The molecule has 3 aromatic carbocycles. The average molecular weight is 625 g/mol. The Balaban J connectivity index is 1.31. The third-order valence-corrected chi connectivity index (χ3v) is 8.54. The third kappa shape index (κ3) is 5.37. The zero-order valence-electron chi connectivity index (χ0n) is 22.8. The summed E-state index contributed by atoms with van der Waals surface area (Å²) in [5.74, 6) is -0.0520. The van der Waals surface area contributed by atoms with E-state index in [0.29, 0.717) is 18.1 Å². The highest BCUT2D eigenvalue weighted by molar-refractivity contribution is 9.10. The quantitative estimate of drug-likeness (QED) is 0.185. The molecule has 1 saturated heterocycles. The van der Waals surface area contributed by atoms with Crippen LogP contribution in [-0.4, -0.2) is 32.0 Å². The minimum Gasteiger partial charge on any atom is -0.352 e. The van der Waals surface area contributed by atoms with Crippen LogP contribution >= 0.6 is 28.1 Å². The van der Waals surface area contributed by atoms with Crippen LogP contribution in [0.5, 0.6) is 0 Å². The van der Waals surface area contributed by atoms with Crippen molar-refractivity contribution in [2.45, 2.75) is 32.4 Å². The Labute approximate surface area is 253 Å². The molecule has 41 heavy (non-hydrogen) atoms. The van der Waals surface area contributed by atoms with Crippen molar-refractivity contribution in [1.29, 1.82) is 0 Å². The number of amides is 1. The second-order valence-electron chi connectivity index (χ2n) is 10.3. The van der Waals surface area contributed by atoms with Crippen molar-refractivity contribution >= 4 is 55.6 Å². The summed E-state index contributed by atoms with van der Waals surface area (Å²) >= 11 is 9.49. The minimum atomic E-state index is -0.152. The Morgan fingerprint density at radius 3 is 2.59 bits per heavy atom. The molecule has 1 fully saturated rings. The van der Waals surface area contributed by atoms with Gasteiger partial charge < -0.3 is 20.1 Å². The van der Waals surface area contributed by atoms with Gasteiger partial charge in [-0.25, -0.2) is 0 Å². The molecule has 0 spiro atoms. The van der Waals surface area contributed by atoms with E-state index in [2.05, 4.69) is 73.1 Å². The van der Waals surface area contributed by atoms with Crippen LogP contribution in [0, 0.1) is 13.8 Å². The standard InChI is InChI=1S/C33H30BrN5OS/c1-21-19-27(22(2)39(21)25-12-8-11-24(34)20-25)32-31(29-14-5-6-17-35-29)37-33(41)38(32)18-16-30(40)36-28-15-7-10-23-9-3-4-13-26(23)28/h3-15,17,19-20,31-32H,16,18H2,1-2H3,(H,36,40)(H,37,41)/t31-,32-/m1/s1. The lowest BCUT2D eigenvalue weighted by Gasteiger charge is -2.28. The number of thiocarbonyl (C=S) groups is 1. The predicted octanol–water partition coefficient (Wildman–Crippen LogP) is 7.41. The van der Waals surface area contributed by atoms with Gasteiger partial charge in [0, 0.05) is 51.8 Å². The SMILES string of the molecule is Cc1cc([C@@H]2[C@@H](c3ccccn3)NC(=S)N2CCC(=O)Nc2cccc3ccccc23)c(C)n1-c1cccc(Br)c1. The smallest absolute Gasteiger partial charge is 0.226 e. The summed E-state index contributed by atoms with van der Waals surface area (Å²) < 4.78 is 3.29. The van der Waals surface area contributed by atoms with E-state index in [1.807, 2.05) is 79.0 Å². The molecule has 206 valence electrons. The van der Waals surface area contributed by atoms with Gasteiger partial charge >= 0.3 is 0 Å². The molecule has 2 N–H and O–H groups in total. The highest BCUT2D eigenvalue weighted by atomic mass is 79.9. The number of halogens is 1. The van der Waals surface area contributed by atoms with E-state index in [9.17, 15) is 4.79 Å². The normalized spacial score (nSPS) is 16.7. The van der Waals surface area contributed by atoms with Crippen LogP contribution in [0.2, 0.25) is 0 Å². The van der Waals surface area contributed by atoms with Crippen LogP contribution in [0.1, 0.15) is 41.1 Å². The molecule has 3 heterocycles. The Hall–Kier alpha value is -4.01. The zero-order valence-corrected chi connectivity index (χ0v) is 25.2. The van der Waals surface area contributed by atoms with Gasteiger partial charge in [-0.1, -0.05) is 64.5 Å². The van der Waals surface area contributed by atoms with Crippen molar-refractivity contribution in [1.82, 2.24) is 19.8 Å². The molecule has 2 atom stereocenters. The number of anilines is 1. The van der Waals surface area contributed by atoms with Crippen LogP contribution < -0.4 is 10.6 Å². The first kappa shape index (κ1) is 27.2. The van der Waals surface area contributed by atoms with E-state index in [1.165, 1.54) is 0 Å². The largest absolute Gasteiger partial charge is 0.352 e. The second-order valence-corrected chi connectivity index (χ2v) is 11.6. The molecule has 1 amide bonds. The minimum absolute atomic E-state index is 0.0520. The van der Waals surface area contributed by atoms with Gasteiger partial charge in [0.1, 0.15) is 0 Å². The summed E-state index contributed by atoms with van der Waals surface area (Å²) in [7, 11) is 0. The number of pyridine rings is 1. The Kier molecular flexibility index (Phi) is 7.60. The van der Waals surface area contributed by atoms with Crippen LogP contribution in [-0.2, 0) is 4.79 Å². The summed E-state index contributed by atoms with van der Waals surface area (Å²) in [6.07, 6.45) is 2.10. The Morgan fingerprint density at radius 1 is 1.00 bits per heavy atom. The van der Waals surface area contributed by atoms with Gasteiger partial charge in [0.2, 0.25) is 5.91 Å². The summed E-state index contributed by atoms with van der Waals surface area (Å²) in [5, 5.41) is 9.38. The number of benzene rings is 3. The molecule has 0 saturated carbocycles. The molecule has 0 bridgehead atoms. The number of aromatic nitrogens is 2. The molecule has 6 rings (SSSR count). The number of hydrogen-bond acceptors (Lipinski definition) is 3. The van der Waals surface area contributed by atoms with Gasteiger partial charge in [-0.2, -0.15) is 0 Å². The first-order chi connectivity index (χ1) is 19.9. The van der Waals surface area contributed by atoms with E-state index < -0.39 is 0 Å². The zero-order chi connectivity index (χ0) is 28.5. The molecule has 5 aromatic rings. The lowest BCUT2D eigenvalue weighted by molar-refractivity contribution is -0.116. The third-order valence-electron chi connectivity index (χ3n) is 7.70. The maximum Gasteiger partial charge on any atom is 0.226 e. The average Bonchev–Trinajstić information content (AvgIpc) is 3.46. The van der Waals surface area contributed by atoms with E-state index >= 15 is 0 Å². The lowest BCUT2D eigenvalue weighted by atomic mass is 9.96. The molecule has 6 nitrogen and oxygen atoms in total. The molecule has 2 aromatic heterocycles. The molecule has 8 heteroatoms. The second kappa shape index (κ2) is 11.5. The fraction of sp³-hybridized carbons (Fsp3) is 0.182. The van der Waals surface area contributed by atoms with Gasteiger partial charge in [0.15, 0.2) is 5.11 Å². The summed E-state index contributed by atoms with van der Waals surface area (Å²) in [5.41, 5.74) is 6.22. The van der Waals surface area contributed by atoms with Crippen molar-refractivity contribution in [2.24, 2.45) is 0 Å². The van der Waals surface area contributed by atoms with Crippen LogP contribution in [0.4, 0.5) is 5.69 Å². The number of aryl methyl sites for hydroxylation is 1. The highest BCUT2D eigenvalue weighted by Gasteiger charge is 2.41. The predicted molar refractivity (Wildman–Crippen MR) is 172 cm³/mol. The highest BCUT2D eigenvalue weighted by Crippen LogP contribution is 2.41. The van der Waals surface area contributed by atoms with Gasteiger partial charge in [0.25, 0.3) is 0 Å². The molecule has 0 unspecified atom stereocenters. The summed E-state index contributed by atoms with van der Waals surface area (Å²) in [6, 6.07) is 30.2. The summed E-state index contributed by atoms with van der Waals surface area (Å²) in [4.78, 5) is 20.1. The van der Waals surface area contributed by atoms with Crippen LogP contribution in [0.15, 0.2) is 102 Å². The fourth-order valence-corrected chi connectivity index (χ4v) is 6.57. The van der Waals surface area contributed by atoms with Crippen molar-refractivity contribution < 1.29 is 4.79 Å². The molecular formula is C33H30BrN5OS. The summed E-state index contributed by atoms with van der Waals surface area (Å²) in [6.45, 7) is 4.73. The van der Waals surface area contributed by atoms with Crippen LogP contribution in [0.25, 0.3) is 16.5 Å². The first-order valence-corrected chi connectivity index (χ1v) is 14.8. The fourth-order valence-electron chi connectivity index (χ4n) is 5.85. The van der Waals surface area contributed by atoms with Gasteiger partial charge in [-0.05, 0) is 79.5 Å². The van der Waals surface area contributed by atoms with E-state index in [0.717, 1.165) is 49.3 Å². The monoisotopic (exact) mass is 623 g/mol. The maximum absolute atomic E-state index is 13.2. The van der Waals surface area contributed by atoms with Gasteiger partial charge in [-0.3, -0.25) is 9.78 Å². The molecule has 0 radical (unpaired) electrons. The molecular weight excluding hydrogens is 594 g/mol. The van der Waals surface area contributed by atoms with Gasteiger partial charge in [-0.15, -0.1) is 0 Å². The van der Waals surface area contributed by atoms with Crippen molar-refractivity contribution in [2.75, 3.05) is 11.9 Å². The number of nitrogens with one attached hydrogen (secondary N) is 2. The number of nitrogens with zero attached hydrogens (tertiary/aromatic N) is 3. The topological polar surface area (TPSA) is 62.2 Å². The lowest BCUT2D eigenvalue weighted by Crippen LogP contribution is -2.33. The van der Waals surface area contributed by atoms with E-state index in [4.69, 9.17) is 12.2 Å². The van der Waals surface area contributed by atoms with Crippen molar-refractivity contribution in [3.8, 4) is 5.69 Å². The van der Waals surface area contributed by atoms with Crippen molar-refractivity contribution in [3.05, 3.63) is 124 Å². The van der Waals surface area contributed by atoms with Crippen LogP contribution in [0.3, 0.4) is 0 Å². The van der Waals surface area contributed by atoms with E-state index in [-0.39, 0.29) is 18.0 Å². The maximum atomic E-state index is 13.2. The number of carbonyl (C=O) groups excluding carboxylic acids is 1. The Bertz CT molecular complexity index is 1750. The molecule has 1 aliphatic rings. The van der Waals surface area contributed by atoms with Gasteiger partial charge in [0.05, 0.1) is 17.8 Å². The number of hydrogen-bond donors (Lipinski definition) is 2. The van der Waals surface area contributed by atoms with E-state index in [1.54, 1.807) is 0 Å². The number of rotatable bonds is 7.